The Morgan fingerprint density at radius 3 is 2.06 bits per heavy atom. The number of halogens is 4. The quantitative estimate of drug-likeness (QED) is 0.725. The van der Waals surface area contributed by atoms with Gasteiger partial charge >= 0.3 is 0 Å². The van der Waals surface area contributed by atoms with E-state index in [2.05, 4.69) is 15.9 Å². The molecule has 0 saturated carbocycles. The normalized spacial score (nSPS) is 12.8. The van der Waals surface area contributed by atoms with E-state index in [-0.39, 0.29) is 5.56 Å². The standard InChI is InChI=1S/C13H10BrF3O/c1-6-3-9(7(2)18-6)13(14)12-10(16)4-8(15)5-11(12)17/h3-5,13H,1-2H3. The van der Waals surface area contributed by atoms with Gasteiger partial charge in [0.05, 0.1) is 4.83 Å². The zero-order valence-electron chi connectivity index (χ0n) is 9.73. The minimum atomic E-state index is -0.937. The summed E-state index contributed by atoms with van der Waals surface area (Å²) < 4.78 is 45.4. The van der Waals surface area contributed by atoms with Crippen LogP contribution in [-0.4, -0.2) is 0 Å². The molecule has 1 aromatic heterocycles. The molecule has 1 unspecified atom stereocenters. The number of furan rings is 1. The fourth-order valence-electron chi connectivity index (χ4n) is 1.85. The van der Waals surface area contributed by atoms with Gasteiger partial charge in [0.15, 0.2) is 0 Å². The van der Waals surface area contributed by atoms with E-state index >= 15 is 0 Å². The zero-order valence-corrected chi connectivity index (χ0v) is 11.3. The number of hydrogen-bond donors (Lipinski definition) is 0. The second-order valence-electron chi connectivity index (χ2n) is 4.01. The first-order valence-electron chi connectivity index (χ1n) is 5.25. The maximum absolute atomic E-state index is 13.6. The Morgan fingerprint density at radius 1 is 1.06 bits per heavy atom. The topological polar surface area (TPSA) is 13.1 Å². The molecule has 0 amide bonds. The second kappa shape index (κ2) is 4.80. The van der Waals surface area contributed by atoms with Gasteiger partial charge < -0.3 is 4.42 Å². The fourth-order valence-corrected chi connectivity index (χ4v) is 2.75. The molecule has 0 fully saturated rings. The van der Waals surface area contributed by atoms with Crippen molar-refractivity contribution in [2.45, 2.75) is 18.7 Å². The van der Waals surface area contributed by atoms with Gasteiger partial charge in [0.25, 0.3) is 0 Å². The van der Waals surface area contributed by atoms with E-state index in [0.29, 0.717) is 29.2 Å². The molecule has 1 nitrogen and oxygen atoms in total. The summed E-state index contributed by atoms with van der Waals surface area (Å²) >= 11 is 3.22. The largest absolute Gasteiger partial charge is 0.466 e. The SMILES string of the molecule is Cc1cc(C(Br)c2c(F)cc(F)cc2F)c(C)o1. The number of rotatable bonds is 2. The van der Waals surface area contributed by atoms with Crippen LogP contribution in [0.4, 0.5) is 13.2 Å². The molecular formula is C13H10BrF3O. The minimum absolute atomic E-state index is 0.222. The van der Waals surface area contributed by atoms with E-state index in [4.69, 9.17) is 4.42 Å². The summed E-state index contributed by atoms with van der Waals surface area (Å²) in [7, 11) is 0. The number of alkyl halides is 1. The van der Waals surface area contributed by atoms with Crippen LogP contribution in [0.2, 0.25) is 0 Å². The molecule has 2 rings (SSSR count). The van der Waals surface area contributed by atoms with Crippen LogP contribution in [-0.2, 0) is 0 Å². The van der Waals surface area contributed by atoms with Crippen molar-refractivity contribution in [2.75, 3.05) is 0 Å². The molecule has 18 heavy (non-hydrogen) atoms. The first-order valence-corrected chi connectivity index (χ1v) is 6.17. The molecule has 0 aliphatic rings. The second-order valence-corrected chi connectivity index (χ2v) is 4.93. The van der Waals surface area contributed by atoms with Gasteiger partial charge in [-0.3, -0.25) is 0 Å². The zero-order chi connectivity index (χ0) is 13.4. The lowest BCUT2D eigenvalue weighted by Crippen LogP contribution is -2.02. The highest BCUT2D eigenvalue weighted by Crippen LogP contribution is 2.37. The summed E-state index contributed by atoms with van der Waals surface area (Å²) in [5.74, 6) is -1.57. The van der Waals surface area contributed by atoms with Crippen molar-refractivity contribution in [2.24, 2.45) is 0 Å². The third kappa shape index (κ3) is 2.32. The molecule has 0 spiro atoms. The van der Waals surface area contributed by atoms with Crippen LogP contribution in [0.3, 0.4) is 0 Å². The van der Waals surface area contributed by atoms with Crippen LogP contribution in [0.15, 0.2) is 22.6 Å². The molecule has 5 heteroatoms. The van der Waals surface area contributed by atoms with Crippen molar-refractivity contribution >= 4 is 15.9 Å². The van der Waals surface area contributed by atoms with Crippen molar-refractivity contribution in [1.82, 2.24) is 0 Å². The average Bonchev–Trinajstić information content (AvgIpc) is 2.56. The van der Waals surface area contributed by atoms with Crippen molar-refractivity contribution < 1.29 is 17.6 Å². The smallest absolute Gasteiger partial charge is 0.133 e. The summed E-state index contributed by atoms with van der Waals surface area (Å²) in [6.45, 7) is 3.45. The van der Waals surface area contributed by atoms with E-state index in [1.54, 1.807) is 19.9 Å². The molecule has 0 radical (unpaired) electrons. The fraction of sp³-hybridized carbons (Fsp3) is 0.231. The summed E-state index contributed by atoms with van der Waals surface area (Å²) in [5, 5.41) is 0. The van der Waals surface area contributed by atoms with E-state index in [1.807, 2.05) is 0 Å². The lowest BCUT2D eigenvalue weighted by Gasteiger charge is -2.11. The predicted molar refractivity (Wildman–Crippen MR) is 65.3 cm³/mol. The van der Waals surface area contributed by atoms with Crippen molar-refractivity contribution in [3.05, 3.63) is 58.3 Å². The maximum atomic E-state index is 13.6. The summed E-state index contributed by atoms with van der Waals surface area (Å²) in [4.78, 5) is -0.712. The Morgan fingerprint density at radius 2 is 1.61 bits per heavy atom. The van der Waals surface area contributed by atoms with E-state index in [1.165, 1.54) is 0 Å². The molecule has 96 valence electrons. The third-order valence-electron chi connectivity index (χ3n) is 2.65. The van der Waals surface area contributed by atoms with Crippen LogP contribution in [0.5, 0.6) is 0 Å². The van der Waals surface area contributed by atoms with Gasteiger partial charge in [-0.15, -0.1) is 0 Å². The van der Waals surface area contributed by atoms with E-state index in [0.717, 1.165) is 0 Å². The number of aryl methyl sites for hydroxylation is 2. The molecule has 1 atom stereocenters. The van der Waals surface area contributed by atoms with Gasteiger partial charge in [-0.1, -0.05) is 15.9 Å². The Balaban J connectivity index is 2.52. The van der Waals surface area contributed by atoms with Gasteiger partial charge in [0.1, 0.15) is 29.0 Å². The molecule has 0 N–H and O–H groups in total. The average molecular weight is 319 g/mol. The van der Waals surface area contributed by atoms with Crippen LogP contribution >= 0.6 is 15.9 Å². The third-order valence-corrected chi connectivity index (χ3v) is 3.60. The minimum Gasteiger partial charge on any atom is -0.466 e. The summed E-state index contributed by atoms with van der Waals surface area (Å²) in [6.07, 6.45) is 0. The maximum Gasteiger partial charge on any atom is 0.133 e. The molecule has 0 aliphatic carbocycles. The molecule has 1 heterocycles. The molecule has 0 saturated heterocycles. The lowest BCUT2D eigenvalue weighted by atomic mass is 10.0. The number of hydrogen-bond acceptors (Lipinski definition) is 1. The van der Waals surface area contributed by atoms with E-state index in [9.17, 15) is 13.2 Å². The van der Waals surface area contributed by atoms with Crippen LogP contribution in [0.25, 0.3) is 0 Å². The van der Waals surface area contributed by atoms with Gasteiger partial charge in [-0.2, -0.15) is 0 Å². The van der Waals surface area contributed by atoms with Crippen LogP contribution < -0.4 is 0 Å². The molecular weight excluding hydrogens is 309 g/mol. The van der Waals surface area contributed by atoms with Gasteiger partial charge in [0, 0.05) is 23.3 Å². The van der Waals surface area contributed by atoms with E-state index < -0.39 is 22.3 Å². The first-order chi connectivity index (χ1) is 8.40. The highest BCUT2D eigenvalue weighted by Gasteiger charge is 2.23. The molecule has 0 aliphatic heterocycles. The van der Waals surface area contributed by atoms with Crippen LogP contribution in [0.1, 0.15) is 27.5 Å². The molecule has 1 aromatic carbocycles. The molecule has 2 aromatic rings. The number of benzene rings is 1. The van der Waals surface area contributed by atoms with Gasteiger partial charge in [0.2, 0.25) is 0 Å². The van der Waals surface area contributed by atoms with Crippen molar-refractivity contribution in [3.8, 4) is 0 Å². The lowest BCUT2D eigenvalue weighted by molar-refractivity contribution is 0.500. The summed E-state index contributed by atoms with van der Waals surface area (Å²) in [6, 6.07) is 3.01. The van der Waals surface area contributed by atoms with Crippen LogP contribution in [0, 0.1) is 31.3 Å². The highest BCUT2D eigenvalue weighted by atomic mass is 79.9. The van der Waals surface area contributed by atoms with Gasteiger partial charge in [-0.05, 0) is 19.9 Å². The molecule has 0 bridgehead atoms. The predicted octanol–water partition coefficient (Wildman–Crippen LogP) is 4.80. The first kappa shape index (κ1) is 13.2. The Hall–Kier alpha value is -1.23. The van der Waals surface area contributed by atoms with Crippen molar-refractivity contribution in [3.63, 3.8) is 0 Å². The Bertz CT molecular complexity index is 569. The van der Waals surface area contributed by atoms with Gasteiger partial charge in [-0.25, -0.2) is 13.2 Å². The highest BCUT2D eigenvalue weighted by molar-refractivity contribution is 9.09. The summed E-state index contributed by atoms with van der Waals surface area (Å²) in [5.41, 5.74) is 0.400. The monoisotopic (exact) mass is 318 g/mol. The Kier molecular flexibility index (Phi) is 3.52. The van der Waals surface area contributed by atoms with Crippen molar-refractivity contribution in [1.29, 1.82) is 0 Å². The Labute approximate surface area is 111 Å².